The minimum Gasteiger partial charge on any atom is -0.496 e. The predicted molar refractivity (Wildman–Crippen MR) is 123 cm³/mol. The van der Waals surface area contributed by atoms with Crippen molar-refractivity contribution >= 4 is 16.9 Å². The minimum atomic E-state index is -0.118. The third-order valence-corrected chi connectivity index (χ3v) is 6.07. The molecule has 1 N–H and O–H groups in total. The van der Waals surface area contributed by atoms with Gasteiger partial charge in [-0.15, -0.1) is 0 Å². The van der Waals surface area contributed by atoms with Crippen LogP contribution in [-0.2, 0) is 16.1 Å². The van der Waals surface area contributed by atoms with Gasteiger partial charge in [0.05, 0.1) is 57.3 Å². The van der Waals surface area contributed by atoms with E-state index in [1.54, 1.807) is 7.11 Å². The SMILES string of the molecule is COc1ccc(-c2ccc3c(N4CCOCC4C)nc(OC4CCOC4)nc3n2)cc1CO. The first-order valence-electron chi connectivity index (χ1n) is 11.2. The highest BCUT2D eigenvalue weighted by molar-refractivity contribution is 5.89. The van der Waals surface area contributed by atoms with Crippen molar-refractivity contribution in [3.8, 4) is 23.0 Å². The third kappa shape index (κ3) is 4.44. The molecule has 9 heteroatoms. The van der Waals surface area contributed by atoms with E-state index >= 15 is 0 Å². The summed E-state index contributed by atoms with van der Waals surface area (Å²) in [6.07, 6.45) is 0.753. The van der Waals surface area contributed by atoms with E-state index in [4.69, 9.17) is 28.9 Å². The normalized spacial score (nSPS) is 20.9. The Labute approximate surface area is 192 Å². The highest BCUT2D eigenvalue weighted by Gasteiger charge is 2.26. The molecule has 0 spiro atoms. The number of pyridine rings is 1. The number of fused-ring (bicyclic) bond motifs is 1. The van der Waals surface area contributed by atoms with Gasteiger partial charge in [-0.25, -0.2) is 4.98 Å². The second kappa shape index (κ2) is 9.46. The predicted octanol–water partition coefficient (Wildman–Crippen LogP) is 2.59. The van der Waals surface area contributed by atoms with Crippen molar-refractivity contribution in [2.45, 2.75) is 32.1 Å². The molecule has 1 aromatic carbocycles. The van der Waals surface area contributed by atoms with Gasteiger partial charge in [0.25, 0.3) is 0 Å². The zero-order valence-corrected chi connectivity index (χ0v) is 18.9. The zero-order chi connectivity index (χ0) is 22.8. The summed E-state index contributed by atoms with van der Waals surface area (Å²) >= 11 is 0. The Kier molecular flexibility index (Phi) is 6.26. The first-order chi connectivity index (χ1) is 16.2. The molecule has 9 nitrogen and oxygen atoms in total. The molecule has 5 rings (SSSR count). The zero-order valence-electron chi connectivity index (χ0n) is 18.9. The van der Waals surface area contributed by atoms with Crippen LogP contribution < -0.4 is 14.4 Å². The van der Waals surface area contributed by atoms with Crippen LogP contribution in [0.15, 0.2) is 30.3 Å². The van der Waals surface area contributed by atoms with E-state index in [1.807, 2.05) is 30.3 Å². The summed E-state index contributed by atoms with van der Waals surface area (Å²) in [6.45, 7) is 5.23. The molecule has 0 amide bonds. The number of rotatable bonds is 6. The molecular weight excluding hydrogens is 424 g/mol. The van der Waals surface area contributed by atoms with Crippen LogP contribution >= 0.6 is 0 Å². The van der Waals surface area contributed by atoms with E-state index < -0.39 is 0 Å². The number of anilines is 1. The Hall–Kier alpha value is -3.01. The van der Waals surface area contributed by atoms with E-state index in [1.165, 1.54) is 0 Å². The van der Waals surface area contributed by atoms with Crippen LogP contribution in [-0.4, -0.2) is 72.3 Å². The van der Waals surface area contributed by atoms with Gasteiger partial charge in [0.15, 0.2) is 5.65 Å². The van der Waals surface area contributed by atoms with E-state index in [-0.39, 0.29) is 18.8 Å². The number of ether oxygens (including phenoxy) is 4. The van der Waals surface area contributed by atoms with Crippen LogP contribution in [0.25, 0.3) is 22.3 Å². The highest BCUT2D eigenvalue weighted by atomic mass is 16.6. The molecule has 0 radical (unpaired) electrons. The molecular formula is C24H28N4O5. The smallest absolute Gasteiger partial charge is 0.320 e. The second-order valence-electron chi connectivity index (χ2n) is 8.30. The van der Waals surface area contributed by atoms with Crippen molar-refractivity contribution in [1.82, 2.24) is 15.0 Å². The molecule has 2 unspecified atom stereocenters. The van der Waals surface area contributed by atoms with Crippen molar-refractivity contribution in [1.29, 1.82) is 0 Å². The number of aliphatic hydroxyl groups excluding tert-OH is 1. The molecule has 0 aliphatic carbocycles. The first-order valence-corrected chi connectivity index (χ1v) is 11.2. The van der Waals surface area contributed by atoms with Gasteiger partial charge in [-0.3, -0.25) is 0 Å². The lowest BCUT2D eigenvalue weighted by Crippen LogP contribution is -2.44. The monoisotopic (exact) mass is 452 g/mol. The number of aliphatic hydroxyl groups is 1. The molecule has 174 valence electrons. The van der Waals surface area contributed by atoms with E-state index in [0.717, 1.165) is 35.4 Å². The lowest BCUT2D eigenvalue weighted by atomic mass is 10.1. The van der Waals surface area contributed by atoms with Gasteiger partial charge in [-0.05, 0) is 37.3 Å². The lowest BCUT2D eigenvalue weighted by molar-refractivity contribution is 0.0983. The quantitative estimate of drug-likeness (QED) is 0.605. The first kappa shape index (κ1) is 21.8. The molecule has 2 aliphatic heterocycles. The lowest BCUT2D eigenvalue weighted by Gasteiger charge is -2.34. The maximum absolute atomic E-state index is 9.71. The fourth-order valence-electron chi connectivity index (χ4n) is 4.27. The fourth-order valence-corrected chi connectivity index (χ4v) is 4.27. The van der Waals surface area contributed by atoms with Crippen LogP contribution in [0.3, 0.4) is 0 Å². The fraction of sp³-hybridized carbons (Fsp3) is 0.458. The summed E-state index contributed by atoms with van der Waals surface area (Å²) in [5.74, 6) is 1.44. The molecule has 33 heavy (non-hydrogen) atoms. The summed E-state index contributed by atoms with van der Waals surface area (Å²) < 4.78 is 22.5. The molecule has 0 bridgehead atoms. The van der Waals surface area contributed by atoms with Crippen molar-refractivity contribution < 1.29 is 24.1 Å². The van der Waals surface area contributed by atoms with Crippen molar-refractivity contribution in [2.24, 2.45) is 0 Å². The average Bonchev–Trinajstić information content (AvgIpc) is 3.36. The number of benzene rings is 1. The van der Waals surface area contributed by atoms with Crippen LogP contribution in [0.4, 0.5) is 5.82 Å². The van der Waals surface area contributed by atoms with Crippen molar-refractivity contribution in [3.05, 3.63) is 35.9 Å². The topological polar surface area (TPSA) is 99.1 Å². The maximum Gasteiger partial charge on any atom is 0.320 e. The van der Waals surface area contributed by atoms with Gasteiger partial charge in [-0.2, -0.15) is 9.97 Å². The summed E-state index contributed by atoms with van der Waals surface area (Å²) in [6, 6.07) is 10.1. The van der Waals surface area contributed by atoms with Gasteiger partial charge >= 0.3 is 6.01 Å². The number of nitrogens with zero attached hydrogens (tertiary/aromatic N) is 4. The van der Waals surface area contributed by atoms with Crippen LogP contribution in [0.5, 0.6) is 11.8 Å². The molecule has 2 atom stereocenters. The van der Waals surface area contributed by atoms with Gasteiger partial charge in [0, 0.05) is 24.1 Å². The summed E-state index contributed by atoms with van der Waals surface area (Å²) in [7, 11) is 1.59. The number of aromatic nitrogens is 3. The Balaban J connectivity index is 1.59. The molecule has 2 aliphatic rings. The van der Waals surface area contributed by atoms with Crippen LogP contribution in [0.2, 0.25) is 0 Å². The number of hydrogen-bond donors (Lipinski definition) is 1. The van der Waals surface area contributed by atoms with Gasteiger partial charge in [0.1, 0.15) is 17.7 Å². The summed E-state index contributed by atoms with van der Waals surface area (Å²) in [5.41, 5.74) is 2.88. The van der Waals surface area contributed by atoms with Gasteiger partial charge in [-0.1, -0.05) is 0 Å². The molecule has 3 aromatic rings. The minimum absolute atomic E-state index is 0.0608. The third-order valence-electron chi connectivity index (χ3n) is 6.07. The van der Waals surface area contributed by atoms with Crippen LogP contribution in [0, 0.1) is 0 Å². The number of hydrogen-bond acceptors (Lipinski definition) is 9. The Morgan fingerprint density at radius 1 is 1.09 bits per heavy atom. The van der Waals surface area contributed by atoms with E-state index in [0.29, 0.717) is 49.4 Å². The Bertz CT molecular complexity index is 1140. The average molecular weight is 453 g/mol. The molecule has 2 aromatic heterocycles. The molecule has 2 fully saturated rings. The number of methoxy groups -OCH3 is 1. The van der Waals surface area contributed by atoms with Gasteiger partial charge in [0.2, 0.25) is 0 Å². The molecule has 2 saturated heterocycles. The Morgan fingerprint density at radius 2 is 1.97 bits per heavy atom. The summed E-state index contributed by atoms with van der Waals surface area (Å²) in [4.78, 5) is 16.5. The van der Waals surface area contributed by atoms with Crippen molar-refractivity contribution in [3.63, 3.8) is 0 Å². The van der Waals surface area contributed by atoms with E-state index in [2.05, 4.69) is 16.8 Å². The summed E-state index contributed by atoms with van der Waals surface area (Å²) in [5, 5.41) is 10.6. The standard InChI is InChI=1S/C24H28N4O5/c1-15-13-32-10-8-28(15)23-19-4-5-20(16-3-6-21(30-2)17(11-16)12-29)25-22(19)26-24(27-23)33-18-7-9-31-14-18/h3-6,11,15,18,29H,7-10,12-14H2,1-2H3. The second-order valence-corrected chi connectivity index (χ2v) is 8.30. The largest absolute Gasteiger partial charge is 0.496 e. The van der Waals surface area contributed by atoms with Crippen molar-refractivity contribution in [2.75, 3.05) is 45.0 Å². The van der Waals surface area contributed by atoms with E-state index in [9.17, 15) is 5.11 Å². The molecule has 4 heterocycles. The number of morpholine rings is 1. The highest BCUT2D eigenvalue weighted by Crippen LogP contribution is 2.32. The Morgan fingerprint density at radius 3 is 2.73 bits per heavy atom. The maximum atomic E-state index is 9.71. The van der Waals surface area contributed by atoms with Crippen LogP contribution in [0.1, 0.15) is 18.9 Å². The van der Waals surface area contributed by atoms with Gasteiger partial charge < -0.3 is 29.0 Å². The molecule has 0 saturated carbocycles.